The van der Waals surface area contributed by atoms with E-state index >= 15 is 0 Å². The van der Waals surface area contributed by atoms with Crippen molar-refractivity contribution in [2.24, 2.45) is 11.8 Å². The van der Waals surface area contributed by atoms with Crippen LogP contribution < -0.4 is 0 Å². The molecule has 1 N–H and O–H groups in total. The van der Waals surface area contributed by atoms with Gasteiger partial charge in [-0.1, -0.05) is 27.7 Å². The first-order chi connectivity index (χ1) is 5.53. The first-order valence-corrected chi connectivity index (χ1v) is 4.88. The van der Waals surface area contributed by atoms with Gasteiger partial charge in [-0.05, 0) is 18.3 Å². The molecule has 0 bridgehead atoms. The highest BCUT2D eigenvalue weighted by molar-refractivity contribution is 4.93. The van der Waals surface area contributed by atoms with E-state index in [0.717, 1.165) is 12.8 Å². The zero-order valence-electron chi connectivity index (χ0n) is 8.50. The van der Waals surface area contributed by atoms with Crippen LogP contribution in [0.5, 0.6) is 0 Å². The molecule has 0 saturated carbocycles. The first kappa shape index (κ1) is 10.0. The van der Waals surface area contributed by atoms with E-state index in [0.29, 0.717) is 11.8 Å². The van der Waals surface area contributed by atoms with E-state index in [9.17, 15) is 5.11 Å². The van der Waals surface area contributed by atoms with Crippen molar-refractivity contribution in [2.75, 3.05) is 0 Å². The number of rotatable bonds is 2. The Morgan fingerprint density at radius 2 is 2.17 bits per heavy atom. The van der Waals surface area contributed by atoms with Gasteiger partial charge in [-0.3, -0.25) is 0 Å². The minimum Gasteiger partial charge on any atom is -0.368 e. The van der Waals surface area contributed by atoms with Gasteiger partial charge in [0.1, 0.15) is 0 Å². The predicted octanol–water partition coefficient (Wildman–Crippen LogP) is 2.17. The molecular weight excluding hydrogens is 152 g/mol. The lowest BCUT2D eigenvalue weighted by Gasteiger charge is -2.35. The molecule has 12 heavy (non-hydrogen) atoms. The van der Waals surface area contributed by atoms with Crippen molar-refractivity contribution in [1.82, 2.24) is 0 Å². The molecule has 0 aromatic rings. The van der Waals surface area contributed by atoms with Crippen LogP contribution in [0.4, 0.5) is 0 Å². The van der Waals surface area contributed by atoms with Crippen LogP contribution in [0.2, 0.25) is 0 Å². The van der Waals surface area contributed by atoms with Gasteiger partial charge in [0.25, 0.3) is 0 Å². The topological polar surface area (TPSA) is 29.5 Å². The fourth-order valence-electron chi connectivity index (χ4n) is 2.46. The van der Waals surface area contributed by atoms with Crippen molar-refractivity contribution in [2.45, 2.75) is 52.4 Å². The molecule has 0 aromatic carbocycles. The summed E-state index contributed by atoms with van der Waals surface area (Å²) in [5.74, 6) is 0.951. The third kappa shape index (κ3) is 1.38. The van der Waals surface area contributed by atoms with E-state index in [1.54, 1.807) is 0 Å². The zero-order chi connectivity index (χ0) is 9.35. The van der Waals surface area contributed by atoms with Gasteiger partial charge in [-0.15, -0.1) is 0 Å². The van der Waals surface area contributed by atoms with Gasteiger partial charge >= 0.3 is 0 Å². The number of aliphatic hydroxyl groups excluding tert-OH is 1. The predicted molar refractivity (Wildman–Crippen MR) is 48.7 cm³/mol. The van der Waals surface area contributed by atoms with Gasteiger partial charge in [0.2, 0.25) is 0 Å². The molecule has 0 aromatic heterocycles. The van der Waals surface area contributed by atoms with Crippen molar-refractivity contribution in [3.63, 3.8) is 0 Å². The average molecular weight is 172 g/mol. The first-order valence-electron chi connectivity index (χ1n) is 4.88. The van der Waals surface area contributed by atoms with Crippen LogP contribution in [0, 0.1) is 11.8 Å². The summed E-state index contributed by atoms with van der Waals surface area (Å²) in [7, 11) is 0. The molecule has 72 valence electrons. The molecule has 2 nitrogen and oxygen atoms in total. The largest absolute Gasteiger partial charge is 0.368 e. The lowest BCUT2D eigenvalue weighted by atomic mass is 9.78. The SMILES string of the molecule is CC[C@@]1(C(C)C)OC(O)C[C@@H]1C. The highest BCUT2D eigenvalue weighted by Gasteiger charge is 2.46. The Hall–Kier alpha value is -0.0800. The summed E-state index contributed by atoms with van der Waals surface area (Å²) in [6.07, 6.45) is 1.23. The summed E-state index contributed by atoms with van der Waals surface area (Å²) in [6.45, 7) is 8.63. The molecule has 1 aliphatic rings. The quantitative estimate of drug-likeness (QED) is 0.691. The molecule has 1 rings (SSSR count). The molecule has 3 atom stereocenters. The van der Waals surface area contributed by atoms with Crippen molar-refractivity contribution in [3.8, 4) is 0 Å². The van der Waals surface area contributed by atoms with Gasteiger partial charge in [-0.2, -0.15) is 0 Å². The van der Waals surface area contributed by atoms with Crippen LogP contribution in [0.1, 0.15) is 40.5 Å². The van der Waals surface area contributed by atoms with Crippen molar-refractivity contribution in [3.05, 3.63) is 0 Å². The summed E-state index contributed by atoms with van der Waals surface area (Å²) < 4.78 is 5.63. The summed E-state index contributed by atoms with van der Waals surface area (Å²) in [5, 5.41) is 9.39. The average Bonchev–Trinajstić information content (AvgIpc) is 2.26. The number of ether oxygens (including phenoxy) is 1. The maximum atomic E-state index is 9.39. The van der Waals surface area contributed by atoms with Gasteiger partial charge in [0.05, 0.1) is 5.60 Å². The Morgan fingerprint density at radius 1 is 1.58 bits per heavy atom. The summed E-state index contributed by atoms with van der Waals surface area (Å²) in [4.78, 5) is 0. The Balaban J connectivity index is 2.79. The Morgan fingerprint density at radius 3 is 2.33 bits per heavy atom. The number of hydrogen-bond acceptors (Lipinski definition) is 2. The van der Waals surface area contributed by atoms with Crippen LogP contribution in [-0.2, 0) is 4.74 Å². The molecule has 1 heterocycles. The Bertz CT molecular complexity index is 156. The monoisotopic (exact) mass is 172 g/mol. The van der Waals surface area contributed by atoms with E-state index in [4.69, 9.17) is 4.74 Å². The summed E-state index contributed by atoms with van der Waals surface area (Å²) in [5.41, 5.74) is -0.0839. The molecule has 1 aliphatic heterocycles. The smallest absolute Gasteiger partial charge is 0.155 e. The summed E-state index contributed by atoms with van der Waals surface area (Å²) >= 11 is 0. The molecule has 1 saturated heterocycles. The normalized spacial score (nSPS) is 42.5. The maximum Gasteiger partial charge on any atom is 0.155 e. The molecule has 0 amide bonds. The molecule has 0 aliphatic carbocycles. The number of aliphatic hydroxyl groups is 1. The molecular formula is C10H20O2. The van der Waals surface area contributed by atoms with Crippen molar-refractivity contribution >= 4 is 0 Å². The van der Waals surface area contributed by atoms with Crippen LogP contribution in [0.15, 0.2) is 0 Å². The second-order valence-electron chi connectivity index (χ2n) is 4.17. The van der Waals surface area contributed by atoms with Crippen LogP contribution in [0.3, 0.4) is 0 Å². The van der Waals surface area contributed by atoms with Gasteiger partial charge in [0.15, 0.2) is 6.29 Å². The zero-order valence-corrected chi connectivity index (χ0v) is 8.50. The lowest BCUT2D eigenvalue weighted by molar-refractivity contribution is -0.161. The molecule has 1 unspecified atom stereocenters. The second-order valence-corrected chi connectivity index (χ2v) is 4.17. The minimum absolute atomic E-state index is 0.0839. The second kappa shape index (κ2) is 3.35. The van der Waals surface area contributed by atoms with Crippen LogP contribution >= 0.6 is 0 Å². The lowest BCUT2D eigenvalue weighted by Crippen LogP contribution is -2.39. The maximum absolute atomic E-state index is 9.39. The molecule has 0 radical (unpaired) electrons. The van der Waals surface area contributed by atoms with Crippen molar-refractivity contribution < 1.29 is 9.84 Å². The third-order valence-electron chi connectivity index (χ3n) is 3.27. The Kier molecular flexibility index (Phi) is 2.79. The fraction of sp³-hybridized carbons (Fsp3) is 1.00. The summed E-state index contributed by atoms with van der Waals surface area (Å²) in [6, 6.07) is 0. The van der Waals surface area contributed by atoms with Crippen LogP contribution in [0.25, 0.3) is 0 Å². The highest BCUT2D eigenvalue weighted by Crippen LogP contribution is 2.42. The number of hydrogen-bond donors (Lipinski definition) is 1. The van der Waals surface area contributed by atoms with E-state index < -0.39 is 6.29 Å². The molecule has 1 fully saturated rings. The fourth-order valence-corrected chi connectivity index (χ4v) is 2.46. The van der Waals surface area contributed by atoms with E-state index in [-0.39, 0.29) is 5.60 Å². The van der Waals surface area contributed by atoms with E-state index in [1.165, 1.54) is 0 Å². The van der Waals surface area contributed by atoms with Gasteiger partial charge in [0, 0.05) is 6.42 Å². The van der Waals surface area contributed by atoms with Crippen molar-refractivity contribution in [1.29, 1.82) is 0 Å². The van der Waals surface area contributed by atoms with E-state index in [1.807, 2.05) is 0 Å². The van der Waals surface area contributed by atoms with Gasteiger partial charge in [-0.25, -0.2) is 0 Å². The molecule has 2 heteroatoms. The minimum atomic E-state index is -0.539. The third-order valence-corrected chi connectivity index (χ3v) is 3.27. The standard InChI is InChI=1S/C10H20O2/c1-5-10(7(2)3)8(4)6-9(11)12-10/h7-9,11H,5-6H2,1-4H3/t8-,9?,10-/m0/s1. The highest BCUT2D eigenvalue weighted by atomic mass is 16.6. The Labute approximate surface area is 74.9 Å². The van der Waals surface area contributed by atoms with Gasteiger partial charge < -0.3 is 9.84 Å². The van der Waals surface area contributed by atoms with E-state index in [2.05, 4.69) is 27.7 Å². The molecule has 0 spiro atoms. The van der Waals surface area contributed by atoms with Crippen LogP contribution in [-0.4, -0.2) is 17.0 Å².